The summed E-state index contributed by atoms with van der Waals surface area (Å²) in [5.41, 5.74) is 8.33. The lowest BCUT2D eigenvalue weighted by Gasteiger charge is -2.08. The van der Waals surface area contributed by atoms with Crippen molar-refractivity contribution in [1.82, 2.24) is 0 Å². The van der Waals surface area contributed by atoms with Crippen molar-refractivity contribution < 1.29 is 0 Å². The van der Waals surface area contributed by atoms with Crippen LogP contribution in [0.3, 0.4) is 0 Å². The second kappa shape index (κ2) is 7.29. The minimum absolute atomic E-state index is 0.314. The highest BCUT2D eigenvalue weighted by Crippen LogP contribution is 2.11. The molecule has 0 radical (unpaired) electrons. The molecule has 0 bridgehead atoms. The predicted molar refractivity (Wildman–Crippen MR) is 71.8 cm³/mol. The third-order valence-electron chi connectivity index (χ3n) is 2.66. The van der Waals surface area contributed by atoms with Gasteiger partial charge in [0, 0.05) is 18.3 Å². The minimum atomic E-state index is 0.314. The Bertz CT molecular complexity index is 277. The molecule has 16 heavy (non-hydrogen) atoms. The van der Waals surface area contributed by atoms with Gasteiger partial charge in [0.25, 0.3) is 0 Å². The summed E-state index contributed by atoms with van der Waals surface area (Å²) in [6.45, 7) is 5.27. The fraction of sp³-hybridized carbons (Fsp3) is 0.571. The quantitative estimate of drug-likeness (QED) is 0.693. The average Bonchev–Trinajstić information content (AvgIpc) is 2.27. The van der Waals surface area contributed by atoms with Crippen molar-refractivity contribution in [3.63, 3.8) is 0 Å². The zero-order valence-corrected chi connectivity index (χ0v) is 10.5. The van der Waals surface area contributed by atoms with Crippen molar-refractivity contribution in [3.05, 3.63) is 29.8 Å². The Kier molecular flexibility index (Phi) is 5.94. The first kappa shape index (κ1) is 13.0. The normalized spacial score (nSPS) is 12.4. The lowest BCUT2D eigenvalue weighted by Crippen LogP contribution is -2.16. The Hall–Kier alpha value is -1.02. The topological polar surface area (TPSA) is 38.0 Å². The molecule has 1 rings (SSSR count). The molecule has 1 aromatic rings. The number of aryl methyl sites for hydroxylation is 1. The van der Waals surface area contributed by atoms with Crippen LogP contribution in [0.15, 0.2) is 24.3 Å². The predicted octanol–water partition coefficient (Wildman–Crippen LogP) is 3.18. The summed E-state index contributed by atoms with van der Waals surface area (Å²) in [5, 5.41) is 3.41. The molecule has 0 saturated carbocycles. The van der Waals surface area contributed by atoms with Crippen LogP contribution in [-0.4, -0.2) is 12.6 Å². The van der Waals surface area contributed by atoms with Crippen molar-refractivity contribution in [2.45, 2.75) is 45.6 Å². The van der Waals surface area contributed by atoms with E-state index in [1.807, 2.05) is 0 Å². The van der Waals surface area contributed by atoms with Crippen LogP contribution in [0.25, 0.3) is 0 Å². The first-order valence-corrected chi connectivity index (χ1v) is 6.30. The van der Waals surface area contributed by atoms with E-state index in [4.69, 9.17) is 5.73 Å². The monoisotopic (exact) mass is 220 g/mol. The third kappa shape index (κ3) is 5.17. The highest BCUT2D eigenvalue weighted by atomic mass is 14.9. The number of nitrogens with one attached hydrogen (secondary N) is 1. The molecule has 0 aromatic heterocycles. The summed E-state index contributed by atoms with van der Waals surface area (Å²) in [6, 6.07) is 9.05. The van der Waals surface area contributed by atoms with Crippen molar-refractivity contribution in [1.29, 1.82) is 0 Å². The first-order valence-electron chi connectivity index (χ1n) is 6.30. The smallest absolute Gasteiger partial charge is 0.0340 e. The van der Waals surface area contributed by atoms with E-state index in [-0.39, 0.29) is 0 Å². The van der Waals surface area contributed by atoms with Gasteiger partial charge in [-0.25, -0.2) is 0 Å². The highest BCUT2D eigenvalue weighted by molar-refractivity contribution is 5.44. The minimum Gasteiger partial charge on any atom is -0.385 e. The van der Waals surface area contributed by atoms with E-state index in [9.17, 15) is 0 Å². The van der Waals surface area contributed by atoms with E-state index in [2.05, 4.69) is 43.4 Å². The summed E-state index contributed by atoms with van der Waals surface area (Å²) in [6.07, 6.45) is 4.60. The Balaban J connectivity index is 2.26. The summed E-state index contributed by atoms with van der Waals surface area (Å²) in [5.74, 6) is 0. The molecule has 1 unspecified atom stereocenters. The standard InChI is InChI=1S/C14H24N2/c1-3-5-13-7-9-14(10-8-13)16-11-4-6-12(2)15/h7-10,12,16H,3-6,11,15H2,1-2H3. The van der Waals surface area contributed by atoms with Crippen LogP contribution in [0.2, 0.25) is 0 Å². The van der Waals surface area contributed by atoms with Crippen LogP contribution in [0, 0.1) is 0 Å². The second-order valence-electron chi connectivity index (χ2n) is 4.49. The van der Waals surface area contributed by atoms with Gasteiger partial charge < -0.3 is 11.1 Å². The summed E-state index contributed by atoms with van der Waals surface area (Å²) in [7, 11) is 0. The van der Waals surface area contributed by atoms with Gasteiger partial charge in [-0.15, -0.1) is 0 Å². The lowest BCUT2D eigenvalue weighted by atomic mass is 10.1. The lowest BCUT2D eigenvalue weighted by molar-refractivity contribution is 0.639. The van der Waals surface area contributed by atoms with Crippen LogP contribution in [0.4, 0.5) is 5.69 Å². The maximum Gasteiger partial charge on any atom is 0.0340 e. The molecule has 1 aromatic carbocycles. The second-order valence-corrected chi connectivity index (χ2v) is 4.49. The van der Waals surface area contributed by atoms with E-state index in [1.54, 1.807) is 0 Å². The Morgan fingerprint density at radius 2 is 1.94 bits per heavy atom. The molecular formula is C14H24N2. The van der Waals surface area contributed by atoms with Crippen molar-refractivity contribution in [2.24, 2.45) is 5.73 Å². The average molecular weight is 220 g/mol. The fourth-order valence-electron chi connectivity index (χ4n) is 1.73. The van der Waals surface area contributed by atoms with Gasteiger partial charge in [0.2, 0.25) is 0 Å². The van der Waals surface area contributed by atoms with E-state index in [0.717, 1.165) is 19.4 Å². The fourth-order valence-corrected chi connectivity index (χ4v) is 1.73. The number of hydrogen-bond acceptors (Lipinski definition) is 2. The molecule has 3 N–H and O–H groups in total. The van der Waals surface area contributed by atoms with Gasteiger partial charge in [-0.05, 0) is 43.9 Å². The maximum absolute atomic E-state index is 5.70. The van der Waals surface area contributed by atoms with Gasteiger partial charge in [-0.1, -0.05) is 25.5 Å². The van der Waals surface area contributed by atoms with Crippen molar-refractivity contribution >= 4 is 5.69 Å². The third-order valence-corrected chi connectivity index (χ3v) is 2.66. The molecule has 2 heteroatoms. The van der Waals surface area contributed by atoms with Crippen molar-refractivity contribution in [3.8, 4) is 0 Å². The first-order chi connectivity index (χ1) is 7.72. The summed E-state index contributed by atoms with van der Waals surface area (Å²) >= 11 is 0. The SMILES string of the molecule is CCCc1ccc(NCCCC(C)N)cc1. The van der Waals surface area contributed by atoms with Gasteiger partial charge in [-0.3, -0.25) is 0 Å². The zero-order valence-electron chi connectivity index (χ0n) is 10.5. The van der Waals surface area contributed by atoms with E-state index in [0.29, 0.717) is 6.04 Å². The number of benzene rings is 1. The van der Waals surface area contributed by atoms with Crippen molar-refractivity contribution in [2.75, 3.05) is 11.9 Å². The van der Waals surface area contributed by atoms with Gasteiger partial charge in [0.1, 0.15) is 0 Å². The maximum atomic E-state index is 5.70. The molecule has 0 fully saturated rings. The summed E-state index contributed by atoms with van der Waals surface area (Å²) < 4.78 is 0. The number of hydrogen-bond donors (Lipinski definition) is 2. The van der Waals surface area contributed by atoms with Gasteiger partial charge in [0.15, 0.2) is 0 Å². The van der Waals surface area contributed by atoms with Crippen LogP contribution in [-0.2, 0) is 6.42 Å². The van der Waals surface area contributed by atoms with E-state index >= 15 is 0 Å². The molecule has 2 nitrogen and oxygen atoms in total. The highest BCUT2D eigenvalue weighted by Gasteiger charge is 1.95. The summed E-state index contributed by atoms with van der Waals surface area (Å²) in [4.78, 5) is 0. The molecule has 0 heterocycles. The van der Waals surface area contributed by atoms with E-state index in [1.165, 1.54) is 24.1 Å². The van der Waals surface area contributed by atoms with Crippen LogP contribution in [0.1, 0.15) is 38.7 Å². The van der Waals surface area contributed by atoms with Crippen LogP contribution >= 0.6 is 0 Å². The van der Waals surface area contributed by atoms with E-state index < -0.39 is 0 Å². The number of anilines is 1. The van der Waals surface area contributed by atoms with Crippen LogP contribution in [0.5, 0.6) is 0 Å². The molecular weight excluding hydrogens is 196 g/mol. The number of rotatable bonds is 7. The largest absolute Gasteiger partial charge is 0.385 e. The Morgan fingerprint density at radius 1 is 1.25 bits per heavy atom. The molecule has 0 amide bonds. The molecule has 90 valence electrons. The van der Waals surface area contributed by atoms with Gasteiger partial charge in [-0.2, -0.15) is 0 Å². The molecule has 0 saturated heterocycles. The number of nitrogens with two attached hydrogens (primary N) is 1. The molecule has 0 aliphatic rings. The Morgan fingerprint density at radius 3 is 2.50 bits per heavy atom. The zero-order chi connectivity index (χ0) is 11.8. The van der Waals surface area contributed by atoms with Crippen LogP contribution < -0.4 is 11.1 Å². The molecule has 0 aliphatic carbocycles. The molecule has 0 aliphatic heterocycles. The Labute approximate surface area is 99.2 Å². The molecule has 0 spiro atoms. The molecule has 1 atom stereocenters. The van der Waals surface area contributed by atoms with Gasteiger partial charge >= 0.3 is 0 Å². The van der Waals surface area contributed by atoms with Gasteiger partial charge in [0.05, 0.1) is 0 Å².